The van der Waals surface area contributed by atoms with Crippen LogP contribution in [0.25, 0.3) is 10.9 Å². The first-order valence-corrected chi connectivity index (χ1v) is 7.40. The van der Waals surface area contributed by atoms with Gasteiger partial charge in [0.25, 0.3) is 0 Å². The number of pyridine rings is 1. The van der Waals surface area contributed by atoms with Gasteiger partial charge in [0.05, 0.1) is 11.1 Å². The summed E-state index contributed by atoms with van der Waals surface area (Å²) in [6.45, 7) is 3.08. The second kappa shape index (κ2) is 5.33. The Kier molecular flexibility index (Phi) is 3.53. The van der Waals surface area contributed by atoms with Crippen LogP contribution in [-0.4, -0.2) is 22.9 Å². The molecular formula is C17H20N2O. The van der Waals surface area contributed by atoms with Crippen LogP contribution in [0.2, 0.25) is 0 Å². The lowest BCUT2D eigenvalue weighted by Crippen LogP contribution is -2.47. The quantitative estimate of drug-likeness (QED) is 0.865. The number of carbonyl (C=O) groups excluding carboxylic acids is 1. The van der Waals surface area contributed by atoms with E-state index in [1.54, 1.807) is 6.20 Å². The molecule has 0 radical (unpaired) electrons. The number of nitrogens with one attached hydrogen (secondary N) is 1. The van der Waals surface area contributed by atoms with Gasteiger partial charge in [0.15, 0.2) is 5.78 Å². The molecule has 1 saturated heterocycles. The molecule has 0 aliphatic carbocycles. The Morgan fingerprint density at radius 3 is 3.05 bits per heavy atom. The number of ketones is 1. The lowest BCUT2D eigenvalue weighted by molar-refractivity contribution is 0.0858. The minimum absolute atomic E-state index is 0.226. The van der Waals surface area contributed by atoms with Crippen molar-refractivity contribution in [2.24, 2.45) is 0 Å². The van der Waals surface area contributed by atoms with Crippen molar-refractivity contribution in [2.75, 3.05) is 6.54 Å². The smallest absolute Gasteiger partial charge is 0.182 e. The summed E-state index contributed by atoms with van der Waals surface area (Å²) in [5.74, 6) is 0.226. The van der Waals surface area contributed by atoms with E-state index in [0.29, 0.717) is 0 Å². The molecule has 1 N–H and O–H groups in total. The Bertz CT molecular complexity index is 630. The minimum atomic E-state index is -0.350. The van der Waals surface area contributed by atoms with Crippen LogP contribution in [0.5, 0.6) is 0 Å². The highest BCUT2D eigenvalue weighted by molar-refractivity contribution is 6.05. The van der Waals surface area contributed by atoms with Crippen LogP contribution in [0.4, 0.5) is 0 Å². The predicted octanol–water partition coefficient (Wildman–Crippen LogP) is 3.34. The predicted molar refractivity (Wildman–Crippen MR) is 80.9 cm³/mol. The van der Waals surface area contributed by atoms with Crippen molar-refractivity contribution < 1.29 is 4.79 Å². The number of benzene rings is 1. The largest absolute Gasteiger partial charge is 0.305 e. The first-order valence-electron chi connectivity index (χ1n) is 7.40. The fraction of sp³-hybridized carbons (Fsp3) is 0.412. The number of rotatable bonds is 4. The molecule has 1 aromatic heterocycles. The van der Waals surface area contributed by atoms with Crippen LogP contribution in [0.3, 0.4) is 0 Å². The summed E-state index contributed by atoms with van der Waals surface area (Å²) < 4.78 is 0. The van der Waals surface area contributed by atoms with Gasteiger partial charge in [0, 0.05) is 17.1 Å². The van der Waals surface area contributed by atoms with E-state index in [9.17, 15) is 4.79 Å². The van der Waals surface area contributed by atoms with E-state index in [1.165, 1.54) is 0 Å². The summed E-state index contributed by atoms with van der Waals surface area (Å²) in [7, 11) is 0. The molecule has 3 nitrogen and oxygen atoms in total. The Morgan fingerprint density at radius 2 is 2.30 bits per heavy atom. The fourth-order valence-corrected chi connectivity index (χ4v) is 3.24. The normalized spacial score (nSPS) is 22.2. The van der Waals surface area contributed by atoms with E-state index in [1.807, 2.05) is 30.3 Å². The molecule has 0 spiro atoms. The highest BCUT2D eigenvalue weighted by Crippen LogP contribution is 2.29. The highest BCUT2D eigenvalue weighted by atomic mass is 16.1. The molecule has 1 atom stereocenters. The fourth-order valence-electron chi connectivity index (χ4n) is 3.24. The summed E-state index contributed by atoms with van der Waals surface area (Å²) >= 11 is 0. The summed E-state index contributed by atoms with van der Waals surface area (Å²) in [5.41, 5.74) is 1.32. The second-order valence-electron chi connectivity index (χ2n) is 5.60. The van der Waals surface area contributed by atoms with Crippen molar-refractivity contribution in [2.45, 2.75) is 38.1 Å². The number of Topliss-reactive ketones (excluding diaryl/α,β-unsaturated/α-hetero) is 1. The second-order valence-corrected chi connectivity index (χ2v) is 5.60. The molecule has 0 bridgehead atoms. The van der Waals surface area contributed by atoms with E-state index in [-0.39, 0.29) is 11.3 Å². The van der Waals surface area contributed by atoms with Crippen LogP contribution in [0.1, 0.15) is 43.0 Å². The van der Waals surface area contributed by atoms with Crippen molar-refractivity contribution in [3.63, 3.8) is 0 Å². The van der Waals surface area contributed by atoms with Crippen LogP contribution in [0, 0.1) is 0 Å². The van der Waals surface area contributed by atoms with Crippen molar-refractivity contribution >= 4 is 16.7 Å². The summed E-state index contributed by atoms with van der Waals surface area (Å²) in [6.07, 6.45) is 5.72. The van der Waals surface area contributed by atoms with Crippen molar-refractivity contribution in [1.29, 1.82) is 0 Å². The highest BCUT2D eigenvalue weighted by Gasteiger charge is 2.40. The third-order valence-corrected chi connectivity index (χ3v) is 4.22. The molecule has 1 aliphatic rings. The summed E-state index contributed by atoms with van der Waals surface area (Å²) in [5, 5.41) is 4.52. The molecule has 1 aliphatic heterocycles. The molecule has 3 heteroatoms. The molecule has 1 unspecified atom stereocenters. The SMILES string of the molecule is CCCC1(C(=O)c2ccc3cccnc3c2)CCCN1. The van der Waals surface area contributed by atoms with Gasteiger partial charge in [-0.25, -0.2) is 0 Å². The van der Waals surface area contributed by atoms with E-state index in [2.05, 4.69) is 17.2 Å². The van der Waals surface area contributed by atoms with Gasteiger partial charge >= 0.3 is 0 Å². The van der Waals surface area contributed by atoms with Crippen LogP contribution >= 0.6 is 0 Å². The Hall–Kier alpha value is -1.74. The van der Waals surface area contributed by atoms with Crippen molar-refractivity contribution in [1.82, 2.24) is 10.3 Å². The van der Waals surface area contributed by atoms with Gasteiger partial charge in [-0.2, -0.15) is 0 Å². The zero-order chi connectivity index (χ0) is 14.0. The number of hydrogen-bond acceptors (Lipinski definition) is 3. The summed E-state index contributed by atoms with van der Waals surface area (Å²) in [4.78, 5) is 17.3. The first-order chi connectivity index (χ1) is 9.75. The molecule has 0 saturated carbocycles. The molecule has 104 valence electrons. The van der Waals surface area contributed by atoms with Crippen LogP contribution in [-0.2, 0) is 0 Å². The molecule has 2 aromatic rings. The minimum Gasteiger partial charge on any atom is -0.305 e. The lowest BCUT2D eigenvalue weighted by Gasteiger charge is -2.27. The number of fused-ring (bicyclic) bond motifs is 1. The van der Waals surface area contributed by atoms with Gasteiger partial charge in [-0.3, -0.25) is 9.78 Å². The molecule has 20 heavy (non-hydrogen) atoms. The average Bonchev–Trinajstić information content (AvgIpc) is 2.96. The molecule has 3 rings (SSSR count). The maximum atomic E-state index is 12.9. The van der Waals surface area contributed by atoms with Gasteiger partial charge in [-0.05, 0) is 37.9 Å². The zero-order valence-electron chi connectivity index (χ0n) is 11.9. The number of aromatic nitrogens is 1. The molecule has 2 heterocycles. The monoisotopic (exact) mass is 268 g/mol. The molecule has 1 aromatic carbocycles. The third kappa shape index (κ3) is 2.22. The van der Waals surface area contributed by atoms with Gasteiger partial charge in [-0.1, -0.05) is 31.5 Å². The Balaban J connectivity index is 1.98. The van der Waals surface area contributed by atoms with Gasteiger partial charge < -0.3 is 5.32 Å². The number of nitrogens with zero attached hydrogens (tertiary/aromatic N) is 1. The molecule has 0 amide bonds. The average molecular weight is 268 g/mol. The van der Waals surface area contributed by atoms with Crippen molar-refractivity contribution in [3.05, 3.63) is 42.1 Å². The van der Waals surface area contributed by atoms with E-state index in [4.69, 9.17) is 0 Å². The standard InChI is InChI=1S/C17H20N2O/c1-2-8-17(9-4-11-19-17)16(20)14-7-6-13-5-3-10-18-15(13)12-14/h3,5-7,10,12,19H,2,4,8-9,11H2,1H3. The topological polar surface area (TPSA) is 42.0 Å². The number of hydrogen-bond donors (Lipinski definition) is 1. The van der Waals surface area contributed by atoms with Gasteiger partial charge in [-0.15, -0.1) is 0 Å². The van der Waals surface area contributed by atoms with E-state index < -0.39 is 0 Å². The Labute approximate surface area is 119 Å². The van der Waals surface area contributed by atoms with Gasteiger partial charge in [0.2, 0.25) is 0 Å². The lowest BCUT2D eigenvalue weighted by atomic mass is 9.84. The van der Waals surface area contributed by atoms with Crippen LogP contribution < -0.4 is 5.32 Å². The number of carbonyl (C=O) groups is 1. The zero-order valence-corrected chi connectivity index (χ0v) is 11.9. The van der Waals surface area contributed by atoms with Crippen LogP contribution in [0.15, 0.2) is 36.5 Å². The van der Waals surface area contributed by atoms with E-state index in [0.717, 1.165) is 48.7 Å². The third-order valence-electron chi connectivity index (χ3n) is 4.22. The Morgan fingerprint density at radius 1 is 1.40 bits per heavy atom. The van der Waals surface area contributed by atoms with Crippen molar-refractivity contribution in [3.8, 4) is 0 Å². The maximum Gasteiger partial charge on any atom is 0.182 e. The molecular weight excluding hydrogens is 248 g/mol. The van der Waals surface area contributed by atoms with Gasteiger partial charge in [0.1, 0.15) is 0 Å². The maximum absolute atomic E-state index is 12.9. The first kappa shape index (κ1) is 13.3. The summed E-state index contributed by atoms with van der Waals surface area (Å²) in [6, 6.07) is 9.79. The van der Waals surface area contributed by atoms with E-state index >= 15 is 0 Å². The molecule has 1 fully saturated rings.